The molecule has 1 aromatic heterocycles. The Hall–Kier alpha value is -2.07. The van der Waals surface area contributed by atoms with Crippen molar-refractivity contribution in [3.63, 3.8) is 0 Å². The van der Waals surface area contributed by atoms with Crippen LogP contribution in [0.3, 0.4) is 0 Å². The molecule has 92 valence electrons. The zero-order chi connectivity index (χ0) is 12.5. The minimum Gasteiger partial charge on any atom is -0.373 e. The third-order valence-corrected chi connectivity index (χ3v) is 2.12. The molecule has 0 aromatic carbocycles. The van der Waals surface area contributed by atoms with Crippen molar-refractivity contribution in [2.75, 3.05) is 20.2 Å². The molecule has 7 heteroatoms. The number of aliphatic imine (C=N–C) groups is 1. The molecule has 1 aromatic rings. The molecule has 0 saturated carbocycles. The van der Waals surface area contributed by atoms with Gasteiger partial charge in [0.1, 0.15) is 0 Å². The molecule has 17 heavy (non-hydrogen) atoms. The van der Waals surface area contributed by atoms with Gasteiger partial charge in [0.05, 0.1) is 30.9 Å². The van der Waals surface area contributed by atoms with Crippen LogP contribution in [0.1, 0.15) is 11.4 Å². The second kappa shape index (κ2) is 7.24. The Kier molecular flexibility index (Phi) is 5.54. The summed E-state index contributed by atoms with van der Waals surface area (Å²) in [4.78, 5) is 10.6. The standard InChI is InChI=1S/C10H16N6O/c1-8-9(16-7-15-8)5-17-4-3-13-10(12-2)14-6-11/h7H,3-5H2,1-2H3,(H,15,16)(H2,12,13,14). The Morgan fingerprint density at radius 1 is 1.71 bits per heavy atom. The summed E-state index contributed by atoms with van der Waals surface area (Å²) in [5.74, 6) is 0.439. The van der Waals surface area contributed by atoms with Gasteiger partial charge in [-0.25, -0.2) is 4.98 Å². The molecular weight excluding hydrogens is 220 g/mol. The van der Waals surface area contributed by atoms with Gasteiger partial charge in [0.15, 0.2) is 0 Å². The molecule has 0 aliphatic carbocycles. The number of aromatic amines is 1. The number of aryl methyl sites for hydroxylation is 1. The van der Waals surface area contributed by atoms with Crippen LogP contribution in [-0.4, -0.2) is 36.1 Å². The average Bonchev–Trinajstić information content (AvgIpc) is 2.73. The van der Waals surface area contributed by atoms with Gasteiger partial charge in [-0.15, -0.1) is 4.99 Å². The number of nitriles is 1. The lowest BCUT2D eigenvalue weighted by Gasteiger charge is -2.07. The Labute approximate surface area is 99.9 Å². The number of nitrogens with one attached hydrogen (secondary N) is 3. The van der Waals surface area contributed by atoms with Gasteiger partial charge in [0.25, 0.3) is 0 Å². The maximum Gasteiger partial charge on any atom is 0.209 e. The molecule has 0 spiro atoms. The van der Waals surface area contributed by atoms with E-state index in [1.54, 1.807) is 19.6 Å². The highest BCUT2D eigenvalue weighted by Gasteiger charge is 2.00. The summed E-state index contributed by atoms with van der Waals surface area (Å²) in [5, 5.41) is 14.1. The molecule has 0 amide bonds. The van der Waals surface area contributed by atoms with Crippen LogP contribution in [0.15, 0.2) is 11.3 Å². The fourth-order valence-corrected chi connectivity index (χ4v) is 1.19. The van der Waals surface area contributed by atoms with E-state index in [9.17, 15) is 0 Å². The number of H-pyrrole nitrogens is 1. The van der Waals surface area contributed by atoms with E-state index >= 15 is 0 Å². The van der Waals surface area contributed by atoms with Crippen molar-refractivity contribution in [3.8, 4) is 6.19 Å². The third-order valence-electron chi connectivity index (χ3n) is 2.12. The maximum atomic E-state index is 8.37. The molecule has 0 aliphatic rings. The maximum absolute atomic E-state index is 8.37. The monoisotopic (exact) mass is 236 g/mol. The van der Waals surface area contributed by atoms with Crippen LogP contribution in [-0.2, 0) is 11.3 Å². The minimum atomic E-state index is 0.439. The first-order valence-electron chi connectivity index (χ1n) is 5.23. The van der Waals surface area contributed by atoms with Crippen LogP contribution in [0.25, 0.3) is 0 Å². The Morgan fingerprint density at radius 2 is 2.53 bits per heavy atom. The molecule has 1 rings (SSSR count). The first-order chi connectivity index (χ1) is 8.27. The van der Waals surface area contributed by atoms with Gasteiger partial charge in [-0.05, 0) is 6.92 Å². The highest BCUT2D eigenvalue weighted by atomic mass is 16.5. The van der Waals surface area contributed by atoms with E-state index in [4.69, 9.17) is 10.00 Å². The summed E-state index contributed by atoms with van der Waals surface area (Å²) in [5.41, 5.74) is 1.92. The lowest BCUT2D eigenvalue weighted by Crippen LogP contribution is -2.36. The summed E-state index contributed by atoms with van der Waals surface area (Å²) in [6.45, 7) is 3.52. The predicted molar refractivity (Wildman–Crippen MR) is 63.1 cm³/mol. The summed E-state index contributed by atoms with van der Waals surface area (Å²) >= 11 is 0. The fraction of sp³-hybridized carbons (Fsp3) is 0.500. The first kappa shape index (κ1) is 13.0. The molecule has 0 bridgehead atoms. The normalized spacial score (nSPS) is 11.0. The van der Waals surface area contributed by atoms with Crippen molar-refractivity contribution >= 4 is 5.96 Å². The molecule has 3 N–H and O–H groups in total. The van der Waals surface area contributed by atoms with E-state index in [2.05, 4.69) is 25.6 Å². The van der Waals surface area contributed by atoms with Gasteiger partial charge in [-0.1, -0.05) is 0 Å². The number of hydrogen-bond acceptors (Lipinski definition) is 4. The van der Waals surface area contributed by atoms with Crippen LogP contribution in [0.2, 0.25) is 0 Å². The number of rotatable bonds is 5. The van der Waals surface area contributed by atoms with Crippen LogP contribution in [0.5, 0.6) is 0 Å². The van der Waals surface area contributed by atoms with E-state index in [0.717, 1.165) is 11.4 Å². The smallest absolute Gasteiger partial charge is 0.209 e. The van der Waals surface area contributed by atoms with Gasteiger partial charge in [0, 0.05) is 13.6 Å². The molecule has 0 saturated heterocycles. The summed E-state index contributed by atoms with van der Waals surface area (Å²) in [7, 11) is 1.69. The third kappa shape index (κ3) is 4.53. The van der Waals surface area contributed by atoms with Crippen molar-refractivity contribution in [1.29, 1.82) is 5.26 Å². The Bertz CT molecular complexity index is 405. The lowest BCUT2D eigenvalue weighted by molar-refractivity contribution is 0.122. The minimum absolute atomic E-state index is 0.439. The molecule has 0 unspecified atom stereocenters. The quantitative estimate of drug-likeness (QED) is 0.286. The second-order valence-corrected chi connectivity index (χ2v) is 3.26. The summed E-state index contributed by atoms with van der Waals surface area (Å²) in [6, 6.07) is 0. The lowest BCUT2D eigenvalue weighted by atomic mass is 10.4. The molecule has 0 radical (unpaired) electrons. The number of hydrogen-bond donors (Lipinski definition) is 3. The van der Waals surface area contributed by atoms with E-state index in [1.807, 2.05) is 6.92 Å². The number of nitrogens with zero attached hydrogens (tertiary/aromatic N) is 3. The van der Waals surface area contributed by atoms with Crippen molar-refractivity contribution in [3.05, 3.63) is 17.7 Å². The van der Waals surface area contributed by atoms with Gasteiger partial charge in [0.2, 0.25) is 12.2 Å². The van der Waals surface area contributed by atoms with Crippen molar-refractivity contribution in [2.45, 2.75) is 13.5 Å². The molecule has 0 aliphatic heterocycles. The van der Waals surface area contributed by atoms with Gasteiger partial charge in [-0.3, -0.25) is 0 Å². The van der Waals surface area contributed by atoms with Gasteiger partial charge < -0.3 is 20.4 Å². The molecular formula is C10H16N6O. The number of imidazole rings is 1. The SMILES string of the molecule is CN/C(=N/C#N)NCCOCc1[nH]cnc1C. The van der Waals surface area contributed by atoms with Gasteiger partial charge in [-0.2, -0.15) is 5.26 Å². The average molecular weight is 236 g/mol. The second-order valence-electron chi connectivity index (χ2n) is 3.26. The van der Waals surface area contributed by atoms with E-state index < -0.39 is 0 Å². The highest BCUT2D eigenvalue weighted by Crippen LogP contribution is 2.01. The van der Waals surface area contributed by atoms with Crippen LogP contribution in [0.4, 0.5) is 0 Å². The van der Waals surface area contributed by atoms with Crippen LogP contribution in [0, 0.1) is 18.4 Å². The predicted octanol–water partition coefficient (Wildman–Crippen LogP) is -0.119. The zero-order valence-electron chi connectivity index (χ0n) is 9.95. The Balaban J connectivity index is 2.15. The van der Waals surface area contributed by atoms with E-state index in [0.29, 0.717) is 25.7 Å². The van der Waals surface area contributed by atoms with Crippen molar-refractivity contribution in [1.82, 2.24) is 20.6 Å². The zero-order valence-corrected chi connectivity index (χ0v) is 9.95. The topological polar surface area (TPSA) is 98.1 Å². The van der Waals surface area contributed by atoms with E-state index in [-0.39, 0.29) is 0 Å². The van der Waals surface area contributed by atoms with Crippen LogP contribution >= 0.6 is 0 Å². The van der Waals surface area contributed by atoms with E-state index in [1.165, 1.54) is 0 Å². The van der Waals surface area contributed by atoms with Crippen molar-refractivity contribution < 1.29 is 4.74 Å². The molecule has 0 fully saturated rings. The van der Waals surface area contributed by atoms with Gasteiger partial charge >= 0.3 is 0 Å². The van der Waals surface area contributed by atoms with Crippen molar-refractivity contribution in [2.24, 2.45) is 4.99 Å². The first-order valence-corrected chi connectivity index (χ1v) is 5.23. The molecule has 0 atom stereocenters. The highest BCUT2D eigenvalue weighted by molar-refractivity contribution is 5.80. The fourth-order valence-electron chi connectivity index (χ4n) is 1.19. The van der Waals surface area contributed by atoms with Crippen LogP contribution < -0.4 is 10.6 Å². The molecule has 1 heterocycles. The molecule has 7 nitrogen and oxygen atoms in total. The Morgan fingerprint density at radius 3 is 3.12 bits per heavy atom. The largest absolute Gasteiger partial charge is 0.373 e. The summed E-state index contributed by atoms with van der Waals surface area (Å²) < 4.78 is 5.43. The number of guanidine groups is 1. The number of ether oxygens (including phenoxy) is 1. The summed E-state index contributed by atoms with van der Waals surface area (Å²) in [6.07, 6.45) is 3.34. The number of aromatic nitrogens is 2.